The summed E-state index contributed by atoms with van der Waals surface area (Å²) in [5.41, 5.74) is -0.0729. The zero-order chi connectivity index (χ0) is 11.0. The number of carbonyl (C=O) groups is 2. The largest absolute Gasteiger partial charge is 0.476 e. The molecule has 1 fully saturated rings. The van der Waals surface area contributed by atoms with Gasteiger partial charge in [0.1, 0.15) is 6.04 Å². The van der Waals surface area contributed by atoms with Crippen LogP contribution < -0.4 is 0 Å². The van der Waals surface area contributed by atoms with Gasteiger partial charge in [-0.15, -0.1) is 5.10 Å². The Morgan fingerprint density at radius 2 is 2.20 bits per heavy atom. The van der Waals surface area contributed by atoms with Crippen molar-refractivity contribution in [1.29, 1.82) is 0 Å². The number of hydrogen-bond donors (Lipinski definition) is 1. The molecule has 80 valence electrons. The van der Waals surface area contributed by atoms with Gasteiger partial charge in [-0.1, -0.05) is 0 Å². The SMILES string of the molecule is CC(=O)N1CC(n2ncc(C(=O)O)n2)C1. The van der Waals surface area contributed by atoms with E-state index in [1.807, 2.05) is 0 Å². The Kier molecular flexibility index (Phi) is 2.14. The highest BCUT2D eigenvalue weighted by Gasteiger charge is 2.31. The van der Waals surface area contributed by atoms with Crippen molar-refractivity contribution in [2.45, 2.75) is 13.0 Å². The van der Waals surface area contributed by atoms with Crippen LogP contribution in [-0.4, -0.2) is 50.0 Å². The zero-order valence-corrected chi connectivity index (χ0v) is 8.12. The van der Waals surface area contributed by atoms with Gasteiger partial charge in [0.2, 0.25) is 5.91 Å². The van der Waals surface area contributed by atoms with Crippen molar-refractivity contribution in [3.8, 4) is 0 Å². The minimum atomic E-state index is -1.09. The van der Waals surface area contributed by atoms with Crippen molar-refractivity contribution in [3.05, 3.63) is 11.9 Å². The van der Waals surface area contributed by atoms with Gasteiger partial charge in [-0.2, -0.15) is 9.90 Å². The van der Waals surface area contributed by atoms with Gasteiger partial charge in [0.15, 0.2) is 5.69 Å². The minimum Gasteiger partial charge on any atom is -0.476 e. The molecule has 2 heterocycles. The minimum absolute atomic E-state index is 0.00185. The average Bonchev–Trinajstić information content (AvgIpc) is 2.49. The molecule has 0 aliphatic carbocycles. The number of carbonyl (C=O) groups excluding carboxylic acids is 1. The number of aromatic carboxylic acids is 1. The number of aromatic nitrogens is 3. The van der Waals surface area contributed by atoms with E-state index in [0.717, 1.165) is 0 Å². The van der Waals surface area contributed by atoms with Crippen molar-refractivity contribution >= 4 is 11.9 Å². The molecule has 0 spiro atoms. The Labute approximate surface area is 85.3 Å². The maximum atomic E-state index is 10.9. The van der Waals surface area contributed by atoms with Crippen LogP contribution in [0.3, 0.4) is 0 Å². The number of amides is 1. The molecule has 0 aromatic carbocycles. The molecule has 2 rings (SSSR count). The lowest BCUT2D eigenvalue weighted by atomic mass is 10.1. The van der Waals surface area contributed by atoms with Crippen molar-refractivity contribution in [2.24, 2.45) is 0 Å². The van der Waals surface area contributed by atoms with Crippen molar-refractivity contribution in [1.82, 2.24) is 19.9 Å². The number of carboxylic acid groups (broad SMARTS) is 1. The molecule has 0 unspecified atom stereocenters. The van der Waals surface area contributed by atoms with Crippen LogP contribution in [0, 0.1) is 0 Å². The molecule has 1 aromatic heterocycles. The highest BCUT2D eigenvalue weighted by molar-refractivity contribution is 5.84. The number of nitrogens with zero attached hydrogens (tertiary/aromatic N) is 4. The van der Waals surface area contributed by atoms with E-state index in [2.05, 4.69) is 10.2 Å². The summed E-state index contributed by atoms with van der Waals surface area (Å²) < 4.78 is 0. The molecule has 1 aliphatic heterocycles. The lowest BCUT2D eigenvalue weighted by Crippen LogP contribution is -2.50. The summed E-state index contributed by atoms with van der Waals surface area (Å²) in [6, 6.07) is 0.00185. The first kappa shape index (κ1) is 9.63. The molecule has 15 heavy (non-hydrogen) atoms. The van der Waals surface area contributed by atoms with Crippen LogP contribution in [0.15, 0.2) is 6.20 Å². The predicted molar refractivity (Wildman–Crippen MR) is 48.3 cm³/mol. The van der Waals surface area contributed by atoms with Gasteiger partial charge in [0.05, 0.1) is 6.20 Å². The number of hydrogen-bond acceptors (Lipinski definition) is 4. The van der Waals surface area contributed by atoms with E-state index in [1.54, 1.807) is 4.90 Å². The summed E-state index contributed by atoms with van der Waals surface area (Å²) in [6.07, 6.45) is 1.21. The first-order valence-corrected chi connectivity index (χ1v) is 4.48. The molecule has 1 saturated heterocycles. The fourth-order valence-corrected chi connectivity index (χ4v) is 1.41. The maximum absolute atomic E-state index is 10.9. The third kappa shape index (κ3) is 1.67. The Balaban J connectivity index is 2.01. The normalized spacial score (nSPS) is 16.2. The van der Waals surface area contributed by atoms with E-state index in [-0.39, 0.29) is 17.6 Å². The predicted octanol–water partition coefficient (Wildman–Crippen LogP) is -0.621. The van der Waals surface area contributed by atoms with Crippen molar-refractivity contribution in [2.75, 3.05) is 13.1 Å². The standard InChI is InChI=1S/C8H10N4O3/c1-5(13)11-3-6(4-11)12-9-2-7(10-12)8(14)15/h2,6H,3-4H2,1H3,(H,14,15). The molecular formula is C8H10N4O3. The Bertz CT molecular complexity index is 408. The van der Waals surface area contributed by atoms with Crippen LogP contribution in [0.25, 0.3) is 0 Å². The monoisotopic (exact) mass is 210 g/mol. The topological polar surface area (TPSA) is 88.3 Å². The third-order valence-corrected chi connectivity index (χ3v) is 2.36. The Morgan fingerprint density at radius 1 is 1.53 bits per heavy atom. The maximum Gasteiger partial charge on any atom is 0.358 e. The Hall–Kier alpha value is -1.92. The molecule has 0 bridgehead atoms. The number of carboxylic acids is 1. The molecule has 1 N–H and O–H groups in total. The van der Waals surface area contributed by atoms with Crippen LogP contribution >= 0.6 is 0 Å². The lowest BCUT2D eigenvalue weighted by Gasteiger charge is -2.37. The molecule has 7 nitrogen and oxygen atoms in total. The summed E-state index contributed by atoms with van der Waals surface area (Å²) in [7, 11) is 0. The fraction of sp³-hybridized carbons (Fsp3) is 0.500. The quantitative estimate of drug-likeness (QED) is 0.702. The summed E-state index contributed by atoms with van der Waals surface area (Å²) in [5, 5.41) is 16.3. The first-order chi connectivity index (χ1) is 7.08. The second-order valence-corrected chi connectivity index (χ2v) is 3.43. The summed E-state index contributed by atoms with van der Waals surface area (Å²) >= 11 is 0. The van der Waals surface area contributed by atoms with Crippen molar-refractivity contribution in [3.63, 3.8) is 0 Å². The van der Waals surface area contributed by atoms with Gasteiger partial charge >= 0.3 is 5.97 Å². The number of likely N-dealkylation sites (tertiary alicyclic amines) is 1. The van der Waals surface area contributed by atoms with E-state index in [4.69, 9.17) is 5.11 Å². The van der Waals surface area contributed by atoms with Crippen molar-refractivity contribution < 1.29 is 14.7 Å². The van der Waals surface area contributed by atoms with Gasteiger partial charge in [0, 0.05) is 20.0 Å². The molecular weight excluding hydrogens is 200 g/mol. The van der Waals surface area contributed by atoms with Gasteiger partial charge in [0.25, 0.3) is 0 Å². The third-order valence-electron chi connectivity index (χ3n) is 2.36. The highest BCUT2D eigenvalue weighted by atomic mass is 16.4. The molecule has 1 aromatic rings. The smallest absolute Gasteiger partial charge is 0.358 e. The average molecular weight is 210 g/mol. The molecule has 1 amide bonds. The van der Waals surface area contributed by atoms with E-state index in [9.17, 15) is 9.59 Å². The highest BCUT2D eigenvalue weighted by Crippen LogP contribution is 2.19. The van der Waals surface area contributed by atoms with E-state index in [1.165, 1.54) is 17.9 Å². The fourth-order valence-electron chi connectivity index (χ4n) is 1.41. The van der Waals surface area contributed by atoms with Gasteiger partial charge < -0.3 is 10.0 Å². The summed E-state index contributed by atoms with van der Waals surface area (Å²) in [5.74, 6) is -1.08. The molecule has 0 atom stereocenters. The van der Waals surface area contributed by atoms with E-state index >= 15 is 0 Å². The summed E-state index contributed by atoms with van der Waals surface area (Å²) in [4.78, 5) is 24.4. The molecule has 7 heteroatoms. The van der Waals surface area contributed by atoms with Crippen LogP contribution in [-0.2, 0) is 4.79 Å². The molecule has 0 radical (unpaired) electrons. The second-order valence-electron chi connectivity index (χ2n) is 3.43. The molecule has 0 saturated carbocycles. The van der Waals surface area contributed by atoms with E-state index in [0.29, 0.717) is 13.1 Å². The Morgan fingerprint density at radius 3 is 2.67 bits per heavy atom. The first-order valence-electron chi connectivity index (χ1n) is 4.48. The van der Waals surface area contributed by atoms with Gasteiger partial charge in [-0.25, -0.2) is 4.79 Å². The van der Waals surface area contributed by atoms with E-state index < -0.39 is 5.97 Å². The lowest BCUT2D eigenvalue weighted by molar-refractivity contribution is -0.134. The molecule has 1 aliphatic rings. The number of rotatable bonds is 2. The second kappa shape index (κ2) is 3.34. The van der Waals surface area contributed by atoms with Gasteiger partial charge in [-0.05, 0) is 0 Å². The van der Waals surface area contributed by atoms with Crippen LogP contribution in [0.4, 0.5) is 0 Å². The van der Waals surface area contributed by atoms with Crippen LogP contribution in [0.2, 0.25) is 0 Å². The van der Waals surface area contributed by atoms with Crippen LogP contribution in [0.1, 0.15) is 23.5 Å². The zero-order valence-electron chi connectivity index (χ0n) is 8.12. The van der Waals surface area contributed by atoms with Gasteiger partial charge in [-0.3, -0.25) is 4.79 Å². The van der Waals surface area contributed by atoms with Crippen LogP contribution in [0.5, 0.6) is 0 Å². The summed E-state index contributed by atoms with van der Waals surface area (Å²) in [6.45, 7) is 2.58.